The van der Waals surface area contributed by atoms with Crippen molar-refractivity contribution >= 4 is 0 Å². The highest BCUT2D eigenvalue weighted by Crippen LogP contribution is 2.03. The maximum absolute atomic E-state index is 9.70. The number of rotatable bonds is 10. The number of aliphatic hydroxyl groups excluding tert-OH is 1. The number of aryl methyl sites for hydroxylation is 1. The first-order valence-corrected chi connectivity index (χ1v) is 6.95. The molecule has 0 radical (unpaired) electrons. The molecule has 1 heterocycles. The van der Waals surface area contributed by atoms with Crippen molar-refractivity contribution in [3.05, 3.63) is 17.8 Å². The molecule has 0 spiro atoms. The van der Waals surface area contributed by atoms with Gasteiger partial charge in [0.1, 0.15) is 5.76 Å². The average Bonchev–Trinajstić information content (AvgIpc) is 2.74. The molecule has 0 bridgehead atoms. The number of oxazole rings is 1. The van der Waals surface area contributed by atoms with Crippen molar-refractivity contribution < 1.29 is 14.3 Å². The molecule has 0 aliphatic carbocycles. The lowest BCUT2D eigenvalue weighted by molar-refractivity contribution is 0.0344. The standard InChI is InChI=1S/C14H26N2O3/c1-11(2)5-4-6-18-10-13(17)8-15-9-14-16-7-12(3)19-14/h7,11,13,15,17H,4-6,8-10H2,1-3H3. The third-order valence-electron chi connectivity index (χ3n) is 2.71. The SMILES string of the molecule is Cc1cnc(CNCC(O)COCCCC(C)C)o1. The molecular weight excluding hydrogens is 244 g/mol. The highest BCUT2D eigenvalue weighted by Gasteiger charge is 2.05. The summed E-state index contributed by atoms with van der Waals surface area (Å²) < 4.78 is 10.7. The van der Waals surface area contributed by atoms with Crippen LogP contribution in [0.3, 0.4) is 0 Å². The maximum atomic E-state index is 9.70. The first-order valence-electron chi connectivity index (χ1n) is 6.95. The van der Waals surface area contributed by atoms with Gasteiger partial charge in [-0.2, -0.15) is 0 Å². The Hall–Kier alpha value is -0.910. The molecule has 0 aliphatic heterocycles. The second-order valence-electron chi connectivity index (χ2n) is 5.26. The fourth-order valence-electron chi connectivity index (χ4n) is 1.70. The number of nitrogens with zero attached hydrogens (tertiary/aromatic N) is 1. The fraction of sp³-hybridized carbons (Fsp3) is 0.786. The van der Waals surface area contributed by atoms with E-state index in [-0.39, 0.29) is 0 Å². The van der Waals surface area contributed by atoms with Crippen LogP contribution in [0.1, 0.15) is 38.3 Å². The van der Waals surface area contributed by atoms with Crippen LogP contribution in [0.15, 0.2) is 10.6 Å². The molecule has 2 N–H and O–H groups in total. The Bertz CT molecular complexity index is 339. The summed E-state index contributed by atoms with van der Waals surface area (Å²) in [6.45, 7) is 8.34. The summed E-state index contributed by atoms with van der Waals surface area (Å²) in [5, 5.41) is 12.8. The average molecular weight is 270 g/mol. The topological polar surface area (TPSA) is 67.5 Å². The molecule has 1 aromatic heterocycles. The van der Waals surface area contributed by atoms with Crippen molar-refractivity contribution in [2.45, 2.75) is 46.3 Å². The van der Waals surface area contributed by atoms with Crippen LogP contribution in [0.5, 0.6) is 0 Å². The Morgan fingerprint density at radius 1 is 1.47 bits per heavy atom. The van der Waals surface area contributed by atoms with Crippen molar-refractivity contribution in [3.63, 3.8) is 0 Å². The molecule has 1 unspecified atom stereocenters. The van der Waals surface area contributed by atoms with E-state index < -0.39 is 6.10 Å². The Labute approximate surface area is 115 Å². The van der Waals surface area contributed by atoms with Gasteiger partial charge in [0.25, 0.3) is 0 Å². The van der Waals surface area contributed by atoms with Gasteiger partial charge < -0.3 is 19.6 Å². The number of aliphatic hydroxyl groups is 1. The van der Waals surface area contributed by atoms with Gasteiger partial charge in [0.05, 0.1) is 25.5 Å². The van der Waals surface area contributed by atoms with Crippen molar-refractivity contribution in [3.8, 4) is 0 Å². The summed E-state index contributed by atoms with van der Waals surface area (Å²) in [7, 11) is 0. The van der Waals surface area contributed by atoms with E-state index in [0.717, 1.165) is 18.6 Å². The quantitative estimate of drug-likeness (QED) is 0.635. The Morgan fingerprint density at radius 3 is 2.89 bits per heavy atom. The minimum Gasteiger partial charge on any atom is -0.445 e. The zero-order valence-corrected chi connectivity index (χ0v) is 12.2. The number of hydrogen-bond donors (Lipinski definition) is 2. The zero-order chi connectivity index (χ0) is 14.1. The molecule has 1 rings (SSSR count). The molecule has 0 aromatic carbocycles. The van der Waals surface area contributed by atoms with E-state index in [9.17, 15) is 5.11 Å². The van der Waals surface area contributed by atoms with E-state index in [1.54, 1.807) is 6.20 Å². The first-order chi connectivity index (χ1) is 9.08. The van der Waals surface area contributed by atoms with Crippen LogP contribution in [0.25, 0.3) is 0 Å². The molecule has 0 fully saturated rings. The van der Waals surface area contributed by atoms with Crippen LogP contribution in [0.4, 0.5) is 0 Å². The van der Waals surface area contributed by atoms with Crippen molar-refractivity contribution in [2.75, 3.05) is 19.8 Å². The number of ether oxygens (including phenoxy) is 1. The van der Waals surface area contributed by atoms with E-state index in [2.05, 4.69) is 24.1 Å². The van der Waals surface area contributed by atoms with Gasteiger partial charge >= 0.3 is 0 Å². The van der Waals surface area contributed by atoms with E-state index in [1.807, 2.05) is 6.92 Å². The summed E-state index contributed by atoms with van der Waals surface area (Å²) in [4.78, 5) is 4.07. The monoisotopic (exact) mass is 270 g/mol. The molecule has 1 aromatic rings. The number of aromatic nitrogens is 1. The largest absolute Gasteiger partial charge is 0.445 e. The van der Waals surface area contributed by atoms with Crippen LogP contribution in [-0.2, 0) is 11.3 Å². The van der Waals surface area contributed by atoms with Crippen LogP contribution < -0.4 is 5.32 Å². The number of hydrogen-bond acceptors (Lipinski definition) is 5. The smallest absolute Gasteiger partial charge is 0.208 e. The van der Waals surface area contributed by atoms with Gasteiger partial charge in [-0.1, -0.05) is 13.8 Å². The molecule has 1 atom stereocenters. The van der Waals surface area contributed by atoms with Gasteiger partial charge in [0, 0.05) is 13.2 Å². The lowest BCUT2D eigenvalue weighted by atomic mass is 10.1. The third-order valence-corrected chi connectivity index (χ3v) is 2.71. The van der Waals surface area contributed by atoms with Crippen LogP contribution in [0.2, 0.25) is 0 Å². The second-order valence-corrected chi connectivity index (χ2v) is 5.26. The number of nitrogens with one attached hydrogen (secondary N) is 1. The highest BCUT2D eigenvalue weighted by atomic mass is 16.5. The van der Waals surface area contributed by atoms with Gasteiger partial charge in [0.15, 0.2) is 0 Å². The van der Waals surface area contributed by atoms with E-state index in [0.29, 0.717) is 38.1 Å². The normalized spacial score (nSPS) is 13.1. The summed E-state index contributed by atoms with van der Waals surface area (Å²) in [5.41, 5.74) is 0. The first kappa shape index (κ1) is 16.1. The van der Waals surface area contributed by atoms with Gasteiger partial charge in [-0.15, -0.1) is 0 Å². The fourth-order valence-corrected chi connectivity index (χ4v) is 1.70. The minimum absolute atomic E-state index is 0.371. The Morgan fingerprint density at radius 2 is 2.26 bits per heavy atom. The van der Waals surface area contributed by atoms with Gasteiger partial charge in [-0.3, -0.25) is 0 Å². The lowest BCUT2D eigenvalue weighted by Gasteiger charge is -2.12. The molecule has 5 nitrogen and oxygen atoms in total. The van der Waals surface area contributed by atoms with Crippen molar-refractivity contribution in [1.82, 2.24) is 10.3 Å². The third kappa shape index (κ3) is 7.97. The summed E-state index contributed by atoms with van der Waals surface area (Å²) in [6.07, 6.45) is 3.41. The molecular formula is C14H26N2O3. The molecule has 0 saturated heterocycles. The molecule has 110 valence electrons. The van der Waals surface area contributed by atoms with E-state index >= 15 is 0 Å². The predicted molar refractivity (Wildman–Crippen MR) is 73.8 cm³/mol. The minimum atomic E-state index is -0.491. The van der Waals surface area contributed by atoms with Gasteiger partial charge in [-0.05, 0) is 25.7 Å². The van der Waals surface area contributed by atoms with Crippen LogP contribution in [0, 0.1) is 12.8 Å². The maximum Gasteiger partial charge on any atom is 0.208 e. The molecule has 0 saturated carbocycles. The summed E-state index contributed by atoms with van der Waals surface area (Å²) >= 11 is 0. The van der Waals surface area contributed by atoms with E-state index in [4.69, 9.17) is 9.15 Å². The van der Waals surface area contributed by atoms with Crippen molar-refractivity contribution in [2.24, 2.45) is 5.92 Å². The lowest BCUT2D eigenvalue weighted by Crippen LogP contribution is -2.30. The summed E-state index contributed by atoms with van der Waals surface area (Å²) in [5.74, 6) is 2.15. The van der Waals surface area contributed by atoms with Crippen LogP contribution >= 0.6 is 0 Å². The Balaban J connectivity index is 1.97. The molecule has 0 aliphatic rings. The molecule has 0 amide bonds. The molecule has 5 heteroatoms. The zero-order valence-electron chi connectivity index (χ0n) is 12.2. The highest BCUT2D eigenvalue weighted by molar-refractivity contribution is 4.90. The van der Waals surface area contributed by atoms with Gasteiger partial charge in [-0.25, -0.2) is 4.98 Å². The molecule has 19 heavy (non-hydrogen) atoms. The van der Waals surface area contributed by atoms with Crippen LogP contribution in [-0.4, -0.2) is 36.0 Å². The van der Waals surface area contributed by atoms with Crippen molar-refractivity contribution in [1.29, 1.82) is 0 Å². The predicted octanol–water partition coefficient (Wildman–Crippen LogP) is 1.89. The summed E-state index contributed by atoms with van der Waals surface area (Å²) in [6, 6.07) is 0. The van der Waals surface area contributed by atoms with Gasteiger partial charge in [0.2, 0.25) is 5.89 Å². The van der Waals surface area contributed by atoms with E-state index in [1.165, 1.54) is 0 Å². The Kier molecular flexibility index (Phi) is 7.70. The second kappa shape index (κ2) is 9.07.